The van der Waals surface area contributed by atoms with Crippen molar-refractivity contribution in [2.75, 3.05) is 25.0 Å². The predicted molar refractivity (Wildman–Crippen MR) is 111 cm³/mol. The second-order valence-electron chi connectivity index (χ2n) is 6.36. The molecule has 0 fully saturated rings. The molecule has 0 spiro atoms. The van der Waals surface area contributed by atoms with Gasteiger partial charge in [0.15, 0.2) is 11.1 Å². The standard InChI is InChI=1S/C17H21N7O2S2/c1-10(25)7-26-14-6-13(24(2)23-14)15-20-11(8-27-15)12-9-28-17(21-12)22-16-18-4-3-5-19-16/h6,8-10,25H,3-5,7H2,1-2H3,(H2,18,19,21,22). The lowest BCUT2D eigenvalue weighted by molar-refractivity contribution is 0.119. The highest BCUT2D eigenvalue weighted by atomic mass is 32.1. The second-order valence-corrected chi connectivity index (χ2v) is 8.08. The van der Waals surface area contributed by atoms with Crippen LogP contribution >= 0.6 is 22.7 Å². The van der Waals surface area contributed by atoms with E-state index in [-0.39, 0.29) is 6.61 Å². The van der Waals surface area contributed by atoms with Gasteiger partial charge < -0.3 is 20.5 Å². The Morgan fingerprint density at radius 3 is 2.93 bits per heavy atom. The van der Waals surface area contributed by atoms with Crippen LogP contribution in [0, 0.1) is 0 Å². The minimum Gasteiger partial charge on any atom is -0.474 e. The number of nitrogens with one attached hydrogen (secondary N) is 2. The Balaban J connectivity index is 1.48. The van der Waals surface area contributed by atoms with Crippen molar-refractivity contribution in [3.8, 4) is 28.0 Å². The second kappa shape index (κ2) is 8.25. The van der Waals surface area contributed by atoms with Gasteiger partial charge in [0.05, 0.1) is 6.10 Å². The van der Waals surface area contributed by atoms with Crippen LogP contribution in [0.25, 0.3) is 22.1 Å². The lowest BCUT2D eigenvalue weighted by Gasteiger charge is -2.13. The zero-order chi connectivity index (χ0) is 19.5. The van der Waals surface area contributed by atoms with E-state index in [1.54, 1.807) is 11.6 Å². The average Bonchev–Trinajstić information content (AvgIpc) is 3.40. The molecular formula is C17H21N7O2S2. The Hall–Kier alpha value is -2.50. The summed E-state index contributed by atoms with van der Waals surface area (Å²) in [5.41, 5.74) is 2.49. The number of guanidine groups is 1. The van der Waals surface area contributed by atoms with E-state index in [9.17, 15) is 5.11 Å². The number of aromatic nitrogens is 4. The normalized spacial score (nSPS) is 15.0. The van der Waals surface area contributed by atoms with Gasteiger partial charge in [-0.1, -0.05) is 0 Å². The summed E-state index contributed by atoms with van der Waals surface area (Å²) in [6.45, 7) is 3.63. The van der Waals surface area contributed by atoms with E-state index < -0.39 is 6.10 Å². The molecule has 11 heteroatoms. The van der Waals surface area contributed by atoms with Gasteiger partial charge in [0.1, 0.15) is 28.7 Å². The maximum absolute atomic E-state index is 9.35. The first-order chi connectivity index (χ1) is 13.6. The predicted octanol–water partition coefficient (Wildman–Crippen LogP) is 2.19. The summed E-state index contributed by atoms with van der Waals surface area (Å²) in [6, 6.07) is 1.83. The summed E-state index contributed by atoms with van der Waals surface area (Å²) in [4.78, 5) is 13.7. The van der Waals surface area contributed by atoms with Crippen molar-refractivity contribution in [2.45, 2.75) is 19.4 Å². The molecule has 0 bridgehead atoms. The Morgan fingerprint density at radius 1 is 1.32 bits per heavy atom. The lowest BCUT2D eigenvalue weighted by atomic mass is 10.4. The number of aliphatic hydroxyl groups excluding tert-OH is 1. The number of aliphatic imine (C=N–C) groups is 1. The number of aryl methyl sites for hydroxylation is 1. The molecular weight excluding hydrogens is 398 g/mol. The Morgan fingerprint density at radius 2 is 2.14 bits per heavy atom. The van der Waals surface area contributed by atoms with Crippen LogP contribution in [0.2, 0.25) is 0 Å². The molecule has 9 nitrogen and oxygen atoms in total. The highest BCUT2D eigenvalue weighted by Gasteiger charge is 2.15. The topological polar surface area (TPSA) is 109 Å². The molecule has 3 aromatic rings. The molecule has 0 amide bonds. The summed E-state index contributed by atoms with van der Waals surface area (Å²) in [6.07, 6.45) is 0.509. The minimum absolute atomic E-state index is 0.203. The number of hydrogen-bond acceptors (Lipinski definition) is 10. The van der Waals surface area contributed by atoms with Crippen LogP contribution in [-0.2, 0) is 7.05 Å². The molecule has 3 aromatic heterocycles. The van der Waals surface area contributed by atoms with Crippen molar-refractivity contribution >= 4 is 33.8 Å². The fraction of sp³-hybridized carbons (Fsp3) is 0.412. The van der Waals surface area contributed by atoms with Crippen LogP contribution in [0.4, 0.5) is 5.13 Å². The number of hydrogen-bond donors (Lipinski definition) is 3. The van der Waals surface area contributed by atoms with Crippen molar-refractivity contribution in [2.24, 2.45) is 12.0 Å². The highest BCUT2D eigenvalue weighted by Crippen LogP contribution is 2.31. The average molecular weight is 420 g/mol. The Kier molecular flexibility index (Phi) is 5.55. The van der Waals surface area contributed by atoms with Gasteiger partial charge in [-0.15, -0.1) is 27.8 Å². The van der Waals surface area contributed by atoms with Gasteiger partial charge >= 0.3 is 0 Å². The Bertz CT molecular complexity index is 976. The van der Waals surface area contributed by atoms with E-state index in [4.69, 9.17) is 9.72 Å². The van der Waals surface area contributed by atoms with Gasteiger partial charge in [-0.05, 0) is 13.3 Å². The molecule has 0 aromatic carbocycles. The molecule has 28 heavy (non-hydrogen) atoms. The van der Waals surface area contributed by atoms with Crippen LogP contribution in [0.3, 0.4) is 0 Å². The van der Waals surface area contributed by atoms with Crippen molar-refractivity contribution in [1.29, 1.82) is 0 Å². The third kappa shape index (κ3) is 4.32. The van der Waals surface area contributed by atoms with Crippen LogP contribution in [0.5, 0.6) is 5.88 Å². The van der Waals surface area contributed by atoms with E-state index >= 15 is 0 Å². The highest BCUT2D eigenvalue weighted by molar-refractivity contribution is 7.14. The van der Waals surface area contributed by atoms with Crippen LogP contribution in [-0.4, -0.2) is 56.6 Å². The van der Waals surface area contributed by atoms with Gasteiger partial charge in [0.2, 0.25) is 5.88 Å². The number of thiazole rings is 2. The van der Waals surface area contributed by atoms with Crippen LogP contribution in [0.1, 0.15) is 13.3 Å². The van der Waals surface area contributed by atoms with Gasteiger partial charge in [-0.25, -0.2) is 9.97 Å². The number of aliphatic hydroxyl groups is 1. The van der Waals surface area contributed by atoms with E-state index in [0.29, 0.717) is 5.88 Å². The molecule has 148 valence electrons. The van der Waals surface area contributed by atoms with E-state index in [2.05, 4.69) is 25.7 Å². The van der Waals surface area contributed by atoms with Crippen LogP contribution < -0.4 is 15.4 Å². The number of ether oxygens (including phenoxy) is 1. The van der Waals surface area contributed by atoms with Gasteiger partial charge in [0.25, 0.3) is 0 Å². The van der Waals surface area contributed by atoms with Gasteiger partial charge in [0, 0.05) is 37.0 Å². The molecule has 0 radical (unpaired) electrons. The smallest absolute Gasteiger partial charge is 0.233 e. The fourth-order valence-electron chi connectivity index (χ4n) is 2.59. The third-order valence-electron chi connectivity index (χ3n) is 3.94. The number of rotatable bonds is 6. The Labute approximate surface area is 170 Å². The molecule has 1 unspecified atom stereocenters. The van der Waals surface area contributed by atoms with Crippen molar-refractivity contribution < 1.29 is 9.84 Å². The van der Waals surface area contributed by atoms with Crippen molar-refractivity contribution in [3.63, 3.8) is 0 Å². The zero-order valence-corrected chi connectivity index (χ0v) is 17.2. The monoisotopic (exact) mass is 419 g/mol. The molecule has 3 N–H and O–H groups in total. The number of nitrogens with zero attached hydrogens (tertiary/aromatic N) is 5. The molecule has 0 aliphatic carbocycles. The quantitative estimate of drug-likeness (QED) is 0.562. The summed E-state index contributed by atoms with van der Waals surface area (Å²) in [7, 11) is 1.84. The molecule has 4 rings (SSSR count). The molecule has 0 saturated carbocycles. The zero-order valence-electron chi connectivity index (χ0n) is 15.5. The van der Waals surface area contributed by atoms with Crippen LogP contribution in [0.15, 0.2) is 21.8 Å². The first kappa shape index (κ1) is 18.8. The maximum Gasteiger partial charge on any atom is 0.233 e. The largest absolute Gasteiger partial charge is 0.474 e. The van der Waals surface area contributed by atoms with E-state index in [0.717, 1.165) is 52.7 Å². The molecule has 0 saturated heterocycles. The maximum atomic E-state index is 9.35. The first-order valence-electron chi connectivity index (χ1n) is 8.90. The fourth-order valence-corrected chi connectivity index (χ4v) is 4.16. The summed E-state index contributed by atoms with van der Waals surface area (Å²) < 4.78 is 7.20. The lowest BCUT2D eigenvalue weighted by Crippen LogP contribution is -2.35. The summed E-state index contributed by atoms with van der Waals surface area (Å²) in [5.74, 6) is 1.24. The number of anilines is 1. The van der Waals surface area contributed by atoms with E-state index in [1.807, 2.05) is 23.9 Å². The molecule has 4 heterocycles. The van der Waals surface area contributed by atoms with Gasteiger partial charge in [-0.3, -0.25) is 9.67 Å². The van der Waals surface area contributed by atoms with Crippen molar-refractivity contribution in [1.82, 2.24) is 25.1 Å². The summed E-state index contributed by atoms with van der Waals surface area (Å²) in [5, 5.41) is 25.7. The molecule has 1 aliphatic rings. The molecule has 1 aliphatic heterocycles. The van der Waals surface area contributed by atoms with Gasteiger partial charge in [-0.2, -0.15) is 0 Å². The summed E-state index contributed by atoms with van der Waals surface area (Å²) >= 11 is 3.05. The van der Waals surface area contributed by atoms with E-state index in [1.165, 1.54) is 22.7 Å². The minimum atomic E-state index is -0.542. The van der Waals surface area contributed by atoms with Crippen molar-refractivity contribution in [3.05, 3.63) is 16.8 Å². The SMILES string of the molecule is CC(O)COc1cc(-c2nc(-c3csc(NC4=NCCCN4)n3)cs2)n(C)n1. The molecule has 1 atom stereocenters. The first-order valence-corrected chi connectivity index (χ1v) is 10.7. The third-order valence-corrected chi connectivity index (χ3v) is 5.56.